The minimum atomic E-state index is -3.35. The minimum Gasteiger partial charge on any atom is -0.381 e. The van der Waals surface area contributed by atoms with Gasteiger partial charge in [-0.25, -0.2) is 0 Å². The van der Waals surface area contributed by atoms with Crippen molar-refractivity contribution in [3.63, 3.8) is 0 Å². The maximum absolute atomic E-state index is 11.8. The molecule has 0 aromatic heterocycles. The van der Waals surface area contributed by atoms with Crippen molar-refractivity contribution in [3.05, 3.63) is 0 Å². The molecule has 3 N–H and O–H groups in total. The first-order chi connectivity index (χ1) is 7.49. The van der Waals surface area contributed by atoms with Crippen molar-refractivity contribution in [2.24, 2.45) is 5.73 Å². The zero-order valence-corrected chi connectivity index (χ0v) is 10.7. The summed E-state index contributed by atoms with van der Waals surface area (Å²) in [6.45, 7) is 0.946. The van der Waals surface area contributed by atoms with E-state index in [1.165, 1.54) is 4.31 Å². The Morgan fingerprint density at radius 3 is 2.62 bits per heavy atom. The summed E-state index contributed by atoms with van der Waals surface area (Å²) < 4.78 is 32.6. The van der Waals surface area contributed by atoms with Crippen LogP contribution in [0.2, 0.25) is 0 Å². The molecule has 0 atom stereocenters. The molecule has 96 valence electrons. The van der Waals surface area contributed by atoms with Gasteiger partial charge in [-0.1, -0.05) is 0 Å². The van der Waals surface area contributed by atoms with Crippen LogP contribution in [-0.2, 0) is 14.9 Å². The van der Waals surface area contributed by atoms with E-state index < -0.39 is 10.2 Å². The van der Waals surface area contributed by atoms with E-state index in [2.05, 4.69) is 4.72 Å². The molecule has 0 amide bonds. The second-order valence-corrected chi connectivity index (χ2v) is 5.92. The van der Waals surface area contributed by atoms with E-state index in [1.54, 1.807) is 14.2 Å². The summed E-state index contributed by atoms with van der Waals surface area (Å²) in [5.74, 6) is 0. The second kappa shape index (κ2) is 5.92. The van der Waals surface area contributed by atoms with Gasteiger partial charge in [0.25, 0.3) is 10.2 Å². The van der Waals surface area contributed by atoms with E-state index in [0.29, 0.717) is 19.5 Å². The molecule has 1 aliphatic carbocycles. The Morgan fingerprint density at radius 1 is 1.50 bits per heavy atom. The summed E-state index contributed by atoms with van der Waals surface area (Å²) in [7, 11) is -0.150. The lowest BCUT2D eigenvalue weighted by atomic mass is 9.90. The topological polar surface area (TPSA) is 84.7 Å². The normalized spacial score (nSPS) is 25.8. The van der Waals surface area contributed by atoms with Gasteiger partial charge in [-0.05, 0) is 25.8 Å². The third-order valence-corrected chi connectivity index (χ3v) is 4.47. The first-order valence-electron chi connectivity index (χ1n) is 5.46. The van der Waals surface area contributed by atoms with E-state index in [9.17, 15) is 8.42 Å². The molecule has 0 radical (unpaired) electrons. The number of ether oxygens (including phenoxy) is 1. The molecule has 1 aliphatic rings. The first-order valence-corrected chi connectivity index (χ1v) is 6.90. The fourth-order valence-electron chi connectivity index (χ4n) is 1.59. The SMILES string of the molecule is COC1CC(NS(=O)(=O)N(C)CCCN)C1. The molecule has 1 rings (SSSR count). The molecule has 1 fully saturated rings. The molecule has 0 unspecified atom stereocenters. The predicted molar refractivity (Wildman–Crippen MR) is 62.2 cm³/mol. The minimum absolute atomic E-state index is 0.00952. The molecular formula is C9H21N3O3S. The van der Waals surface area contributed by atoms with Crippen LogP contribution in [-0.4, -0.2) is 52.1 Å². The van der Waals surface area contributed by atoms with Crippen molar-refractivity contribution in [2.75, 3.05) is 27.2 Å². The monoisotopic (exact) mass is 251 g/mol. The molecule has 1 saturated carbocycles. The number of rotatable bonds is 7. The second-order valence-electron chi connectivity index (χ2n) is 4.11. The average molecular weight is 251 g/mol. The highest BCUT2D eigenvalue weighted by atomic mass is 32.2. The zero-order valence-electron chi connectivity index (χ0n) is 9.85. The van der Waals surface area contributed by atoms with Crippen molar-refractivity contribution in [1.29, 1.82) is 0 Å². The van der Waals surface area contributed by atoms with Gasteiger partial charge in [-0.3, -0.25) is 0 Å². The van der Waals surface area contributed by atoms with Crippen LogP contribution in [0.1, 0.15) is 19.3 Å². The summed E-state index contributed by atoms with van der Waals surface area (Å²) in [6.07, 6.45) is 2.37. The third kappa shape index (κ3) is 3.67. The number of nitrogens with zero attached hydrogens (tertiary/aromatic N) is 1. The lowest BCUT2D eigenvalue weighted by Gasteiger charge is -2.35. The van der Waals surface area contributed by atoms with Gasteiger partial charge in [0.15, 0.2) is 0 Å². The van der Waals surface area contributed by atoms with Crippen LogP contribution in [0.5, 0.6) is 0 Å². The highest BCUT2D eigenvalue weighted by Crippen LogP contribution is 2.23. The van der Waals surface area contributed by atoms with E-state index in [0.717, 1.165) is 12.8 Å². The van der Waals surface area contributed by atoms with Crippen LogP contribution in [0.25, 0.3) is 0 Å². The third-order valence-electron chi connectivity index (χ3n) is 2.83. The van der Waals surface area contributed by atoms with Gasteiger partial charge in [0.1, 0.15) is 0 Å². The molecule has 0 aromatic rings. The fourth-order valence-corrected chi connectivity index (χ4v) is 2.75. The van der Waals surface area contributed by atoms with Gasteiger partial charge in [0, 0.05) is 26.7 Å². The lowest BCUT2D eigenvalue weighted by molar-refractivity contribution is 0.0232. The van der Waals surface area contributed by atoms with Crippen molar-refractivity contribution in [2.45, 2.75) is 31.4 Å². The van der Waals surface area contributed by atoms with Crippen LogP contribution < -0.4 is 10.5 Å². The Bertz CT molecular complexity index is 301. The van der Waals surface area contributed by atoms with E-state index >= 15 is 0 Å². The summed E-state index contributed by atoms with van der Waals surface area (Å²) in [5, 5.41) is 0. The van der Waals surface area contributed by atoms with Crippen molar-refractivity contribution >= 4 is 10.2 Å². The maximum atomic E-state index is 11.8. The van der Waals surface area contributed by atoms with Gasteiger partial charge in [0.2, 0.25) is 0 Å². The first kappa shape index (κ1) is 13.9. The Morgan fingerprint density at radius 2 is 2.12 bits per heavy atom. The van der Waals surface area contributed by atoms with Crippen LogP contribution in [0.3, 0.4) is 0 Å². The molecule has 6 nitrogen and oxygen atoms in total. The number of hydrogen-bond donors (Lipinski definition) is 2. The molecule has 0 saturated heterocycles. The standard InChI is InChI=1S/C9H21N3O3S/c1-12(5-3-4-10)16(13,14)11-8-6-9(7-8)15-2/h8-9,11H,3-7,10H2,1-2H3. The molecule has 0 aromatic carbocycles. The molecule has 0 aliphatic heterocycles. The quantitative estimate of drug-likeness (QED) is 0.625. The Hall–Kier alpha value is -0.210. The number of nitrogens with one attached hydrogen (secondary N) is 1. The van der Waals surface area contributed by atoms with Gasteiger partial charge in [0.05, 0.1) is 6.10 Å². The van der Waals surface area contributed by atoms with Crippen LogP contribution in [0.15, 0.2) is 0 Å². The van der Waals surface area contributed by atoms with Gasteiger partial charge in [-0.2, -0.15) is 17.4 Å². The van der Waals surface area contributed by atoms with E-state index in [1.807, 2.05) is 0 Å². The highest BCUT2D eigenvalue weighted by Gasteiger charge is 2.33. The van der Waals surface area contributed by atoms with E-state index in [-0.39, 0.29) is 12.1 Å². The molecule has 16 heavy (non-hydrogen) atoms. The van der Waals surface area contributed by atoms with Gasteiger partial charge >= 0.3 is 0 Å². The Labute approximate surface area is 97.3 Å². The predicted octanol–water partition coefficient (Wildman–Crippen LogP) is -0.721. The van der Waals surface area contributed by atoms with Gasteiger partial charge < -0.3 is 10.5 Å². The Kier molecular flexibility index (Phi) is 5.13. The number of methoxy groups -OCH3 is 1. The fraction of sp³-hybridized carbons (Fsp3) is 1.00. The Balaban J connectivity index is 2.34. The maximum Gasteiger partial charge on any atom is 0.279 e. The number of hydrogen-bond acceptors (Lipinski definition) is 4. The van der Waals surface area contributed by atoms with Crippen molar-refractivity contribution < 1.29 is 13.2 Å². The summed E-state index contributed by atoms with van der Waals surface area (Å²) in [6, 6.07) is 0.00952. The molecule has 0 spiro atoms. The summed E-state index contributed by atoms with van der Waals surface area (Å²) in [5.41, 5.74) is 5.34. The van der Waals surface area contributed by atoms with Gasteiger partial charge in [-0.15, -0.1) is 0 Å². The summed E-state index contributed by atoms with van der Waals surface area (Å²) >= 11 is 0. The smallest absolute Gasteiger partial charge is 0.279 e. The van der Waals surface area contributed by atoms with E-state index in [4.69, 9.17) is 10.5 Å². The van der Waals surface area contributed by atoms with Crippen molar-refractivity contribution in [1.82, 2.24) is 9.03 Å². The summed E-state index contributed by atoms with van der Waals surface area (Å²) in [4.78, 5) is 0. The molecule has 0 bridgehead atoms. The van der Waals surface area contributed by atoms with Crippen molar-refractivity contribution in [3.8, 4) is 0 Å². The van der Waals surface area contributed by atoms with Crippen LogP contribution >= 0.6 is 0 Å². The number of nitrogens with two attached hydrogens (primary N) is 1. The largest absolute Gasteiger partial charge is 0.381 e. The lowest BCUT2D eigenvalue weighted by Crippen LogP contribution is -2.51. The van der Waals surface area contributed by atoms with Crippen LogP contribution in [0.4, 0.5) is 0 Å². The van der Waals surface area contributed by atoms with Crippen LogP contribution in [0, 0.1) is 0 Å². The zero-order chi connectivity index (χ0) is 12.2. The molecule has 0 heterocycles. The molecule has 7 heteroatoms. The molecular weight excluding hydrogens is 230 g/mol. The highest BCUT2D eigenvalue weighted by molar-refractivity contribution is 7.87. The average Bonchev–Trinajstić information content (AvgIpc) is 2.19.